The lowest BCUT2D eigenvalue weighted by atomic mass is 10.0. The Labute approximate surface area is 142 Å². The summed E-state index contributed by atoms with van der Waals surface area (Å²) < 4.78 is 1.91. The molecule has 0 unspecified atom stereocenters. The van der Waals surface area contributed by atoms with Crippen LogP contribution in [0.3, 0.4) is 0 Å². The minimum absolute atomic E-state index is 0.194. The van der Waals surface area contributed by atoms with Gasteiger partial charge < -0.3 is 10.6 Å². The van der Waals surface area contributed by atoms with E-state index in [-0.39, 0.29) is 5.91 Å². The standard InChI is InChI=1S/C18H25N5O/c1-12(2)15-6-4-5-7-16(15)20-18(24)17-13(3)23(22-21-17)14-8-10-19-11-9-14/h4-7,12,14,19H,8-11H2,1-3H3,(H,20,24). The van der Waals surface area contributed by atoms with Gasteiger partial charge in [-0.1, -0.05) is 37.3 Å². The van der Waals surface area contributed by atoms with Crippen molar-refractivity contribution in [3.8, 4) is 0 Å². The zero-order chi connectivity index (χ0) is 17.1. The third-order valence-electron chi connectivity index (χ3n) is 4.63. The molecule has 2 aromatic rings. The lowest BCUT2D eigenvalue weighted by molar-refractivity contribution is 0.102. The Morgan fingerprint density at radius 2 is 2.00 bits per heavy atom. The number of para-hydroxylation sites is 1. The van der Waals surface area contributed by atoms with Crippen LogP contribution in [0.1, 0.15) is 60.4 Å². The highest BCUT2D eigenvalue weighted by atomic mass is 16.2. The second-order valence-electron chi connectivity index (χ2n) is 6.65. The molecule has 2 heterocycles. The first-order valence-corrected chi connectivity index (χ1v) is 8.60. The Balaban J connectivity index is 1.80. The third-order valence-corrected chi connectivity index (χ3v) is 4.63. The first kappa shape index (κ1) is 16.6. The Bertz CT molecular complexity index is 716. The van der Waals surface area contributed by atoms with Crippen molar-refractivity contribution >= 4 is 11.6 Å². The van der Waals surface area contributed by atoms with Crippen molar-refractivity contribution in [1.82, 2.24) is 20.3 Å². The molecule has 1 fully saturated rings. The second-order valence-corrected chi connectivity index (χ2v) is 6.65. The number of hydrogen-bond acceptors (Lipinski definition) is 4. The zero-order valence-corrected chi connectivity index (χ0v) is 14.5. The Morgan fingerprint density at radius 1 is 1.29 bits per heavy atom. The number of nitrogens with zero attached hydrogens (tertiary/aromatic N) is 3. The highest BCUT2D eigenvalue weighted by Gasteiger charge is 2.23. The van der Waals surface area contributed by atoms with Gasteiger partial charge in [-0.2, -0.15) is 0 Å². The van der Waals surface area contributed by atoms with Gasteiger partial charge in [-0.05, 0) is 50.4 Å². The fraction of sp³-hybridized carbons (Fsp3) is 0.500. The molecule has 6 nitrogen and oxygen atoms in total. The maximum Gasteiger partial charge on any atom is 0.278 e. The molecule has 0 atom stereocenters. The van der Waals surface area contributed by atoms with E-state index in [1.807, 2.05) is 35.9 Å². The molecule has 1 aromatic carbocycles. The summed E-state index contributed by atoms with van der Waals surface area (Å²) in [5.74, 6) is 0.147. The van der Waals surface area contributed by atoms with Crippen molar-refractivity contribution in [3.05, 3.63) is 41.2 Å². The van der Waals surface area contributed by atoms with Crippen LogP contribution in [0.25, 0.3) is 0 Å². The molecule has 1 saturated heterocycles. The van der Waals surface area contributed by atoms with Crippen molar-refractivity contribution < 1.29 is 4.79 Å². The summed E-state index contributed by atoms with van der Waals surface area (Å²) >= 11 is 0. The normalized spacial score (nSPS) is 15.7. The predicted octanol–water partition coefficient (Wildman–Crippen LogP) is 2.89. The summed E-state index contributed by atoms with van der Waals surface area (Å²) in [6.07, 6.45) is 2.03. The number of aromatic nitrogens is 3. The van der Waals surface area contributed by atoms with E-state index in [1.165, 1.54) is 0 Å². The summed E-state index contributed by atoms with van der Waals surface area (Å²) in [7, 11) is 0. The van der Waals surface area contributed by atoms with Crippen molar-refractivity contribution in [3.63, 3.8) is 0 Å². The van der Waals surface area contributed by atoms with E-state index >= 15 is 0 Å². The van der Waals surface area contributed by atoms with Gasteiger partial charge >= 0.3 is 0 Å². The van der Waals surface area contributed by atoms with E-state index < -0.39 is 0 Å². The van der Waals surface area contributed by atoms with Crippen molar-refractivity contribution in [2.24, 2.45) is 0 Å². The van der Waals surface area contributed by atoms with Crippen molar-refractivity contribution in [1.29, 1.82) is 0 Å². The summed E-state index contributed by atoms with van der Waals surface area (Å²) in [6, 6.07) is 8.21. The molecule has 0 radical (unpaired) electrons. The van der Waals surface area contributed by atoms with Crippen LogP contribution in [-0.2, 0) is 0 Å². The van der Waals surface area contributed by atoms with Crippen LogP contribution >= 0.6 is 0 Å². The molecule has 3 rings (SSSR count). The maximum absolute atomic E-state index is 12.7. The van der Waals surface area contributed by atoms with Gasteiger partial charge in [0.25, 0.3) is 5.91 Å². The summed E-state index contributed by atoms with van der Waals surface area (Å²) in [5, 5.41) is 14.7. The molecule has 0 saturated carbocycles. The predicted molar refractivity (Wildman–Crippen MR) is 94.4 cm³/mol. The van der Waals surface area contributed by atoms with E-state index in [1.54, 1.807) is 0 Å². The average molecular weight is 327 g/mol. The molecule has 128 valence electrons. The Hall–Kier alpha value is -2.21. The molecule has 1 aliphatic heterocycles. The summed E-state index contributed by atoms with van der Waals surface area (Å²) in [6.45, 7) is 8.11. The monoisotopic (exact) mass is 327 g/mol. The molecule has 6 heteroatoms. The Kier molecular flexibility index (Phi) is 4.94. The molecule has 1 aliphatic rings. The lowest BCUT2D eigenvalue weighted by Crippen LogP contribution is -2.30. The number of hydrogen-bond donors (Lipinski definition) is 2. The van der Waals surface area contributed by atoms with Crippen LogP contribution in [0, 0.1) is 6.92 Å². The van der Waals surface area contributed by atoms with E-state index in [0.29, 0.717) is 17.7 Å². The molecule has 2 N–H and O–H groups in total. The van der Waals surface area contributed by atoms with Crippen LogP contribution in [0.5, 0.6) is 0 Å². The lowest BCUT2D eigenvalue weighted by Gasteiger charge is -2.23. The number of amides is 1. The van der Waals surface area contributed by atoms with Gasteiger partial charge in [0.05, 0.1) is 11.7 Å². The van der Waals surface area contributed by atoms with Gasteiger partial charge in [0, 0.05) is 5.69 Å². The third kappa shape index (κ3) is 3.33. The zero-order valence-electron chi connectivity index (χ0n) is 14.5. The molecule has 0 aliphatic carbocycles. The van der Waals surface area contributed by atoms with Crippen LogP contribution in [0.4, 0.5) is 5.69 Å². The highest BCUT2D eigenvalue weighted by Crippen LogP contribution is 2.25. The van der Waals surface area contributed by atoms with Gasteiger partial charge in [-0.25, -0.2) is 4.68 Å². The quantitative estimate of drug-likeness (QED) is 0.906. The van der Waals surface area contributed by atoms with E-state index in [4.69, 9.17) is 0 Å². The highest BCUT2D eigenvalue weighted by molar-refractivity contribution is 6.04. The van der Waals surface area contributed by atoms with Crippen LogP contribution < -0.4 is 10.6 Å². The number of benzene rings is 1. The fourth-order valence-corrected chi connectivity index (χ4v) is 3.24. The van der Waals surface area contributed by atoms with E-state index in [9.17, 15) is 4.79 Å². The topological polar surface area (TPSA) is 71.8 Å². The van der Waals surface area contributed by atoms with Crippen molar-refractivity contribution in [2.75, 3.05) is 18.4 Å². The fourth-order valence-electron chi connectivity index (χ4n) is 3.24. The van der Waals surface area contributed by atoms with E-state index in [2.05, 4.69) is 34.8 Å². The second kappa shape index (κ2) is 7.13. The smallest absolute Gasteiger partial charge is 0.278 e. The first-order chi connectivity index (χ1) is 11.6. The Morgan fingerprint density at radius 3 is 2.71 bits per heavy atom. The number of nitrogens with one attached hydrogen (secondary N) is 2. The summed E-state index contributed by atoms with van der Waals surface area (Å²) in [4.78, 5) is 12.7. The van der Waals surface area contributed by atoms with Gasteiger partial charge in [0.1, 0.15) is 0 Å². The number of anilines is 1. The van der Waals surface area contributed by atoms with Crippen LogP contribution in [0.15, 0.2) is 24.3 Å². The van der Waals surface area contributed by atoms with Crippen LogP contribution in [0.2, 0.25) is 0 Å². The van der Waals surface area contributed by atoms with Crippen molar-refractivity contribution in [2.45, 2.75) is 45.6 Å². The molecule has 0 spiro atoms. The summed E-state index contributed by atoms with van der Waals surface area (Å²) in [5.41, 5.74) is 3.20. The van der Waals surface area contributed by atoms with Gasteiger partial charge in [-0.15, -0.1) is 5.10 Å². The number of piperidine rings is 1. The van der Waals surface area contributed by atoms with Gasteiger partial charge in [-0.3, -0.25) is 4.79 Å². The number of rotatable bonds is 4. The average Bonchev–Trinajstić information content (AvgIpc) is 2.97. The molecular formula is C18H25N5O. The maximum atomic E-state index is 12.7. The SMILES string of the molecule is Cc1c(C(=O)Nc2ccccc2C(C)C)nnn1C1CCNCC1. The minimum Gasteiger partial charge on any atom is -0.320 e. The number of carbonyl (C=O) groups is 1. The molecule has 24 heavy (non-hydrogen) atoms. The van der Waals surface area contributed by atoms with Crippen LogP contribution in [-0.4, -0.2) is 34.0 Å². The minimum atomic E-state index is -0.194. The number of carbonyl (C=O) groups excluding carboxylic acids is 1. The first-order valence-electron chi connectivity index (χ1n) is 8.60. The molecular weight excluding hydrogens is 302 g/mol. The van der Waals surface area contributed by atoms with Gasteiger partial charge in [0.2, 0.25) is 0 Å². The molecule has 1 aromatic heterocycles. The molecule has 0 bridgehead atoms. The largest absolute Gasteiger partial charge is 0.320 e. The molecule has 1 amide bonds. The van der Waals surface area contributed by atoms with Gasteiger partial charge in [0.15, 0.2) is 5.69 Å². The van der Waals surface area contributed by atoms with E-state index in [0.717, 1.165) is 42.9 Å².